The SMILES string of the molecule is COc1cc(C#N)ccc1NC(=O)c1cc(C)ccc1Br. The molecule has 0 aliphatic heterocycles. The van der Waals surface area contributed by atoms with Crippen LogP contribution in [0.3, 0.4) is 0 Å². The number of halogens is 1. The minimum absolute atomic E-state index is 0.242. The first kappa shape index (κ1) is 15.1. The topological polar surface area (TPSA) is 62.1 Å². The van der Waals surface area contributed by atoms with E-state index in [-0.39, 0.29) is 5.91 Å². The Kier molecular flexibility index (Phi) is 4.61. The van der Waals surface area contributed by atoms with Gasteiger partial charge in [0.25, 0.3) is 5.91 Å². The number of benzene rings is 2. The first-order valence-corrected chi connectivity index (χ1v) is 7.00. The van der Waals surface area contributed by atoms with Crippen LogP contribution in [0.4, 0.5) is 5.69 Å². The van der Waals surface area contributed by atoms with E-state index in [2.05, 4.69) is 21.2 Å². The average molecular weight is 345 g/mol. The summed E-state index contributed by atoms with van der Waals surface area (Å²) in [4.78, 5) is 12.3. The van der Waals surface area contributed by atoms with Gasteiger partial charge in [-0.05, 0) is 47.1 Å². The number of anilines is 1. The summed E-state index contributed by atoms with van der Waals surface area (Å²) in [5, 5.41) is 11.7. The quantitative estimate of drug-likeness (QED) is 0.918. The molecule has 5 heteroatoms. The van der Waals surface area contributed by atoms with Gasteiger partial charge in [0, 0.05) is 10.5 Å². The number of carbonyl (C=O) groups is 1. The molecule has 0 heterocycles. The number of amides is 1. The van der Waals surface area contributed by atoms with Crippen LogP contribution in [-0.2, 0) is 0 Å². The van der Waals surface area contributed by atoms with Crippen LogP contribution < -0.4 is 10.1 Å². The summed E-state index contributed by atoms with van der Waals surface area (Å²) in [6, 6.07) is 12.4. The van der Waals surface area contributed by atoms with E-state index < -0.39 is 0 Å². The summed E-state index contributed by atoms with van der Waals surface area (Å²) in [7, 11) is 1.49. The fourth-order valence-corrected chi connectivity index (χ4v) is 2.29. The molecule has 0 radical (unpaired) electrons. The number of carbonyl (C=O) groups excluding carboxylic acids is 1. The molecular formula is C16H13BrN2O2. The number of nitrogens with zero attached hydrogens (tertiary/aromatic N) is 1. The van der Waals surface area contributed by atoms with E-state index in [1.165, 1.54) is 7.11 Å². The van der Waals surface area contributed by atoms with Crippen LogP contribution in [0.1, 0.15) is 21.5 Å². The van der Waals surface area contributed by atoms with E-state index in [1.807, 2.05) is 25.1 Å². The predicted octanol–water partition coefficient (Wildman–Crippen LogP) is 3.89. The lowest BCUT2D eigenvalue weighted by molar-refractivity contribution is 0.102. The molecule has 0 atom stereocenters. The number of ether oxygens (including phenoxy) is 1. The molecule has 21 heavy (non-hydrogen) atoms. The fraction of sp³-hybridized carbons (Fsp3) is 0.125. The number of nitrogens with one attached hydrogen (secondary N) is 1. The minimum Gasteiger partial charge on any atom is -0.495 e. The standard InChI is InChI=1S/C16H13BrN2O2/c1-10-3-5-13(17)12(7-10)16(20)19-14-6-4-11(9-18)8-15(14)21-2/h3-8H,1-2H3,(H,19,20). The summed E-state index contributed by atoms with van der Waals surface area (Å²) >= 11 is 3.37. The number of rotatable bonds is 3. The highest BCUT2D eigenvalue weighted by atomic mass is 79.9. The molecule has 0 spiro atoms. The van der Waals surface area contributed by atoms with Crippen LogP contribution in [-0.4, -0.2) is 13.0 Å². The Morgan fingerprint density at radius 1 is 1.29 bits per heavy atom. The zero-order valence-electron chi connectivity index (χ0n) is 11.6. The molecule has 0 saturated heterocycles. The Labute approximate surface area is 131 Å². The van der Waals surface area contributed by atoms with Crippen LogP contribution in [0.2, 0.25) is 0 Å². The van der Waals surface area contributed by atoms with Crippen molar-refractivity contribution in [2.45, 2.75) is 6.92 Å². The second-order valence-corrected chi connectivity index (χ2v) is 5.32. The largest absolute Gasteiger partial charge is 0.495 e. The second-order valence-electron chi connectivity index (χ2n) is 4.46. The van der Waals surface area contributed by atoms with Gasteiger partial charge in [0.2, 0.25) is 0 Å². The van der Waals surface area contributed by atoms with Crippen LogP contribution in [0.5, 0.6) is 5.75 Å². The lowest BCUT2D eigenvalue weighted by Crippen LogP contribution is -2.13. The van der Waals surface area contributed by atoms with Gasteiger partial charge < -0.3 is 10.1 Å². The summed E-state index contributed by atoms with van der Waals surface area (Å²) in [5.74, 6) is 0.208. The Balaban J connectivity index is 2.32. The monoisotopic (exact) mass is 344 g/mol. The van der Waals surface area contributed by atoms with E-state index >= 15 is 0 Å². The molecule has 0 bridgehead atoms. The van der Waals surface area contributed by atoms with Gasteiger partial charge in [-0.15, -0.1) is 0 Å². The van der Waals surface area contributed by atoms with Crippen molar-refractivity contribution in [3.63, 3.8) is 0 Å². The van der Waals surface area contributed by atoms with Crippen molar-refractivity contribution in [3.05, 3.63) is 57.6 Å². The first-order valence-electron chi connectivity index (χ1n) is 6.21. The Bertz CT molecular complexity index is 736. The molecule has 1 N–H and O–H groups in total. The van der Waals surface area contributed by atoms with Gasteiger partial charge in [0.1, 0.15) is 5.75 Å². The molecule has 0 unspecified atom stereocenters. The Morgan fingerprint density at radius 2 is 2.05 bits per heavy atom. The number of hydrogen-bond acceptors (Lipinski definition) is 3. The molecule has 2 aromatic rings. The molecule has 1 amide bonds. The van der Waals surface area contributed by atoms with E-state index in [4.69, 9.17) is 10.00 Å². The van der Waals surface area contributed by atoms with Crippen molar-refractivity contribution in [3.8, 4) is 11.8 Å². The molecule has 0 aliphatic carbocycles. The number of hydrogen-bond donors (Lipinski definition) is 1. The third-order valence-corrected chi connectivity index (χ3v) is 3.64. The molecule has 2 rings (SSSR count). The molecule has 4 nitrogen and oxygen atoms in total. The smallest absolute Gasteiger partial charge is 0.256 e. The molecule has 0 aromatic heterocycles. The molecule has 0 fully saturated rings. The lowest BCUT2D eigenvalue weighted by atomic mass is 10.1. The van der Waals surface area contributed by atoms with Gasteiger partial charge >= 0.3 is 0 Å². The van der Waals surface area contributed by atoms with Crippen molar-refractivity contribution in [2.75, 3.05) is 12.4 Å². The zero-order valence-corrected chi connectivity index (χ0v) is 13.2. The predicted molar refractivity (Wildman–Crippen MR) is 84.5 cm³/mol. The normalized spacial score (nSPS) is 9.81. The summed E-state index contributed by atoms with van der Waals surface area (Å²) in [6.07, 6.45) is 0. The van der Waals surface area contributed by atoms with E-state index in [0.717, 1.165) is 10.0 Å². The van der Waals surface area contributed by atoms with Crippen molar-refractivity contribution in [1.29, 1.82) is 5.26 Å². The number of nitriles is 1. The van der Waals surface area contributed by atoms with Gasteiger partial charge in [-0.25, -0.2) is 0 Å². The van der Waals surface area contributed by atoms with Crippen LogP contribution >= 0.6 is 15.9 Å². The lowest BCUT2D eigenvalue weighted by Gasteiger charge is -2.11. The van der Waals surface area contributed by atoms with Gasteiger partial charge in [0.15, 0.2) is 0 Å². The van der Waals surface area contributed by atoms with Gasteiger partial charge in [-0.1, -0.05) is 11.6 Å². The summed E-state index contributed by atoms with van der Waals surface area (Å²) in [6.45, 7) is 1.92. The van der Waals surface area contributed by atoms with Gasteiger partial charge in [-0.3, -0.25) is 4.79 Å². The third-order valence-electron chi connectivity index (χ3n) is 2.95. The van der Waals surface area contributed by atoms with Crippen LogP contribution in [0.15, 0.2) is 40.9 Å². The fourth-order valence-electron chi connectivity index (χ4n) is 1.87. The van der Waals surface area contributed by atoms with Crippen molar-refractivity contribution < 1.29 is 9.53 Å². The molecule has 2 aromatic carbocycles. The number of aryl methyl sites for hydroxylation is 1. The van der Waals surface area contributed by atoms with Crippen molar-refractivity contribution in [1.82, 2.24) is 0 Å². The average Bonchev–Trinajstić information content (AvgIpc) is 2.49. The van der Waals surface area contributed by atoms with E-state index in [1.54, 1.807) is 24.3 Å². The van der Waals surface area contributed by atoms with Gasteiger partial charge in [0.05, 0.1) is 30.0 Å². The van der Waals surface area contributed by atoms with Crippen LogP contribution in [0, 0.1) is 18.3 Å². The van der Waals surface area contributed by atoms with Crippen LogP contribution in [0.25, 0.3) is 0 Å². The Hall–Kier alpha value is -2.32. The zero-order chi connectivity index (χ0) is 15.4. The van der Waals surface area contributed by atoms with E-state index in [9.17, 15) is 4.79 Å². The third kappa shape index (κ3) is 3.41. The maximum absolute atomic E-state index is 12.3. The first-order chi connectivity index (χ1) is 10.0. The Morgan fingerprint density at radius 3 is 2.71 bits per heavy atom. The maximum atomic E-state index is 12.3. The highest BCUT2D eigenvalue weighted by Crippen LogP contribution is 2.27. The minimum atomic E-state index is -0.242. The number of methoxy groups -OCH3 is 1. The molecule has 0 aliphatic rings. The van der Waals surface area contributed by atoms with Gasteiger partial charge in [-0.2, -0.15) is 5.26 Å². The summed E-state index contributed by atoms with van der Waals surface area (Å²) < 4.78 is 5.92. The van der Waals surface area contributed by atoms with Crippen molar-refractivity contribution in [2.24, 2.45) is 0 Å². The molecule has 0 saturated carbocycles. The summed E-state index contributed by atoms with van der Waals surface area (Å²) in [5.41, 5.74) is 2.54. The second kappa shape index (κ2) is 6.42. The molecular weight excluding hydrogens is 332 g/mol. The molecule has 106 valence electrons. The van der Waals surface area contributed by atoms with Crippen molar-refractivity contribution >= 4 is 27.5 Å². The maximum Gasteiger partial charge on any atom is 0.256 e. The van der Waals surface area contributed by atoms with E-state index in [0.29, 0.717) is 22.6 Å². The highest BCUT2D eigenvalue weighted by molar-refractivity contribution is 9.10. The highest BCUT2D eigenvalue weighted by Gasteiger charge is 2.13.